The SMILES string of the molecule is CC(O)(CNC(=O)N1CCC2(CCCC2)CC1)C(=O)O. The molecule has 2 fully saturated rings. The summed E-state index contributed by atoms with van der Waals surface area (Å²) < 4.78 is 0. The number of carbonyl (C=O) groups is 2. The third kappa shape index (κ3) is 3.23. The van der Waals surface area contributed by atoms with Crippen LogP contribution in [0.5, 0.6) is 0 Å². The van der Waals surface area contributed by atoms with Crippen molar-refractivity contribution in [1.29, 1.82) is 0 Å². The molecule has 20 heavy (non-hydrogen) atoms. The number of likely N-dealkylation sites (tertiary alicyclic amines) is 1. The molecule has 2 rings (SSSR count). The minimum absolute atomic E-state index is 0.275. The Hall–Kier alpha value is -1.30. The lowest BCUT2D eigenvalue weighted by molar-refractivity contribution is -0.155. The average Bonchev–Trinajstić information content (AvgIpc) is 2.85. The zero-order chi connectivity index (χ0) is 14.8. The molecule has 1 spiro atoms. The minimum Gasteiger partial charge on any atom is -0.479 e. The van der Waals surface area contributed by atoms with Gasteiger partial charge >= 0.3 is 12.0 Å². The summed E-state index contributed by atoms with van der Waals surface area (Å²) in [6.07, 6.45) is 7.22. The van der Waals surface area contributed by atoms with Crippen LogP contribution in [0.15, 0.2) is 0 Å². The number of carboxylic acids is 1. The van der Waals surface area contributed by atoms with Gasteiger partial charge in [0, 0.05) is 13.1 Å². The molecule has 1 saturated carbocycles. The molecule has 1 saturated heterocycles. The molecule has 0 aromatic rings. The van der Waals surface area contributed by atoms with Crippen molar-refractivity contribution >= 4 is 12.0 Å². The van der Waals surface area contributed by atoms with Gasteiger partial charge in [0.15, 0.2) is 5.60 Å². The van der Waals surface area contributed by atoms with Crippen LogP contribution in [0.25, 0.3) is 0 Å². The van der Waals surface area contributed by atoms with E-state index in [9.17, 15) is 14.7 Å². The lowest BCUT2D eigenvalue weighted by atomic mass is 9.77. The highest BCUT2D eigenvalue weighted by Crippen LogP contribution is 2.46. The molecule has 0 bridgehead atoms. The highest BCUT2D eigenvalue weighted by molar-refractivity contribution is 5.79. The monoisotopic (exact) mass is 284 g/mol. The van der Waals surface area contributed by atoms with Crippen LogP contribution in [-0.2, 0) is 4.79 Å². The van der Waals surface area contributed by atoms with Crippen LogP contribution in [0.2, 0.25) is 0 Å². The molecule has 2 aliphatic rings. The van der Waals surface area contributed by atoms with Crippen molar-refractivity contribution in [3.05, 3.63) is 0 Å². The second-order valence-corrected chi connectivity index (χ2v) is 6.43. The summed E-state index contributed by atoms with van der Waals surface area (Å²) >= 11 is 0. The van der Waals surface area contributed by atoms with E-state index in [2.05, 4.69) is 5.32 Å². The maximum atomic E-state index is 12.0. The van der Waals surface area contributed by atoms with E-state index in [4.69, 9.17) is 5.11 Å². The summed E-state index contributed by atoms with van der Waals surface area (Å²) in [6, 6.07) is -0.278. The number of hydrogen-bond donors (Lipinski definition) is 3. The van der Waals surface area contributed by atoms with Crippen molar-refractivity contribution in [2.24, 2.45) is 5.41 Å². The van der Waals surface area contributed by atoms with Crippen LogP contribution in [0, 0.1) is 5.41 Å². The molecule has 114 valence electrons. The number of piperidine rings is 1. The number of nitrogens with zero attached hydrogens (tertiary/aromatic N) is 1. The summed E-state index contributed by atoms with van der Waals surface area (Å²) in [6.45, 7) is 2.35. The van der Waals surface area contributed by atoms with Gasteiger partial charge in [-0.25, -0.2) is 9.59 Å². The molecule has 6 heteroatoms. The summed E-state index contributed by atoms with van der Waals surface area (Å²) in [5, 5.41) is 20.9. The van der Waals surface area contributed by atoms with E-state index in [1.165, 1.54) is 32.6 Å². The number of amides is 2. The predicted octanol–water partition coefficient (Wildman–Crippen LogP) is 1.19. The molecule has 0 aromatic heterocycles. The average molecular weight is 284 g/mol. The van der Waals surface area contributed by atoms with Crippen molar-refractivity contribution in [2.75, 3.05) is 19.6 Å². The first-order valence-electron chi connectivity index (χ1n) is 7.33. The number of aliphatic hydroxyl groups is 1. The first-order chi connectivity index (χ1) is 9.35. The maximum absolute atomic E-state index is 12.0. The van der Waals surface area contributed by atoms with E-state index in [1.807, 2.05) is 0 Å². The van der Waals surface area contributed by atoms with Crippen LogP contribution < -0.4 is 5.32 Å². The van der Waals surface area contributed by atoms with E-state index in [0.29, 0.717) is 5.41 Å². The van der Waals surface area contributed by atoms with Gasteiger partial charge in [0.1, 0.15) is 0 Å². The van der Waals surface area contributed by atoms with Crippen LogP contribution >= 0.6 is 0 Å². The van der Waals surface area contributed by atoms with Crippen molar-refractivity contribution in [3.8, 4) is 0 Å². The Morgan fingerprint density at radius 2 is 1.75 bits per heavy atom. The highest BCUT2D eigenvalue weighted by atomic mass is 16.4. The summed E-state index contributed by atoms with van der Waals surface area (Å²) in [5.41, 5.74) is -1.47. The second-order valence-electron chi connectivity index (χ2n) is 6.43. The van der Waals surface area contributed by atoms with Gasteiger partial charge in [-0.3, -0.25) is 0 Å². The highest BCUT2D eigenvalue weighted by Gasteiger charge is 2.38. The molecule has 3 N–H and O–H groups in total. The largest absolute Gasteiger partial charge is 0.479 e. The number of carbonyl (C=O) groups excluding carboxylic acids is 1. The fourth-order valence-electron chi connectivity index (χ4n) is 3.24. The fourth-order valence-corrected chi connectivity index (χ4v) is 3.24. The number of nitrogens with one attached hydrogen (secondary N) is 1. The first kappa shape index (κ1) is 15.1. The molecule has 1 aliphatic heterocycles. The number of urea groups is 1. The fraction of sp³-hybridized carbons (Fsp3) is 0.857. The number of aliphatic carboxylic acids is 1. The normalized spacial score (nSPS) is 24.4. The molecule has 2 amide bonds. The van der Waals surface area contributed by atoms with Gasteiger partial charge in [-0.1, -0.05) is 12.8 Å². The third-order valence-corrected chi connectivity index (χ3v) is 4.82. The van der Waals surface area contributed by atoms with Gasteiger partial charge in [-0.2, -0.15) is 0 Å². The molecular formula is C14H24N2O4. The van der Waals surface area contributed by atoms with Crippen LogP contribution in [0.1, 0.15) is 45.4 Å². The Morgan fingerprint density at radius 3 is 2.25 bits per heavy atom. The summed E-state index contributed by atoms with van der Waals surface area (Å²) in [4.78, 5) is 24.5. The standard InChI is InChI=1S/C14H24N2O4/c1-13(20,11(17)18)10-15-12(19)16-8-6-14(7-9-16)4-2-3-5-14/h20H,2-10H2,1H3,(H,15,19)(H,17,18). The Bertz CT molecular complexity index is 379. The topological polar surface area (TPSA) is 89.9 Å². The van der Waals surface area contributed by atoms with Crippen molar-refractivity contribution in [2.45, 2.75) is 51.0 Å². The quantitative estimate of drug-likeness (QED) is 0.726. The first-order valence-corrected chi connectivity index (χ1v) is 7.33. The third-order valence-electron chi connectivity index (χ3n) is 4.82. The molecule has 0 radical (unpaired) electrons. The van der Waals surface area contributed by atoms with Crippen LogP contribution in [0.4, 0.5) is 4.79 Å². The van der Waals surface area contributed by atoms with Crippen molar-refractivity contribution < 1.29 is 19.8 Å². The van der Waals surface area contributed by atoms with Gasteiger partial charge in [0.05, 0.1) is 6.54 Å². The molecule has 6 nitrogen and oxygen atoms in total. The molecule has 1 aliphatic carbocycles. The number of hydrogen-bond acceptors (Lipinski definition) is 3. The smallest absolute Gasteiger partial charge is 0.337 e. The van der Waals surface area contributed by atoms with E-state index >= 15 is 0 Å². The Labute approximate surface area is 119 Å². The number of carboxylic acid groups (broad SMARTS) is 1. The van der Waals surface area contributed by atoms with E-state index in [-0.39, 0.29) is 12.6 Å². The minimum atomic E-state index is -1.92. The zero-order valence-corrected chi connectivity index (χ0v) is 12.0. The molecular weight excluding hydrogens is 260 g/mol. The summed E-state index contributed by atoms with van der Waals surface area (Å²) in [5.74, 6) is -1.33. The van der Waals surface area contributed by atoms with Crippen LogP contribution in [0.3, 0.4) is 0 Å². The van der Waals surface area contributed by atoms with E-state index in [0.717, 1.165) is 25.9 Å². The number of rotatable bonds is 3. The molecule has 1 unspecified atom stereocenters. The van der Waals surface area contributed by atoms with Crippen LogP contribution in [-0.4, -0.2) is 52.3 Å². The van der Waals surface area contributed by atoms with E-state index < -0.39 is 11.6 Å². The van der Waals surface area contributed by atoms with Gasteiger partial charge in [0.2, 0.25) is 0 Å². The molecule has 1 atom stereocenters. The van der Waals surface area contributed by atoms with Gasteiger partial charge in [0.25, 0.3) is 0 Å². The molecule has 1 heterocycles. The predicted molar refractivity (Wildman–Crippen MR) is 73.4 cm³/mol. The lowest BCUT2D eigenvalue weighted by Crippen LogP contribution is -2.52. The molecule has 0 aromatic carbocycles. The Morgan fingerprint density at radius 1 is 1.20 bits per heavy atom. The van der Waals surface area contributed by atoms with Crippen molar-refractivity contribution in [3.63, 3.8) is 0 Å². The van der Waals surface area contributed by atoms with Gasteiger partial charge < -0.3 is 20.4 Å². The maximum Gasteiger partial charge on any atom is 0.337 e. The second kappa shape index (κ2) is 5.60. The Kier molecular flexibility index (Phi) is 4.22. The Balaban J connectivity index is 1.79. The zero-order valence-electron chi connectivity index (χ0n) is 12.0. The van der Waals surface area contributed by atoms with E-state index in [1.54, 1.807) is 4.90 Å². The summed E-state index contributed by atoms with van der Waals surface area (Å²) in [7, 11) is 0. The van der Waals surface area contributed by atoms with Gasteiger partial charge in [-0.05, 0) is 38.0 Å². The van der Waals surface area contributed by atoms with Crippen molar-refractivity contribution in [1.82, 2.24) is 10.2 Å². The lowest BCUT2D eigenvalue weighted by Gasteiger charge is -2.39. The van der Waals surface area contributed by atoms with Gasteiger partial charge in [-0.15, -0.1) is 0 Å².